The van der Waals surface area contributed by atoms with Gasteiger partial charge < -0.3 is 9.88 Å². The van der Waals surface area contributed by atoms with Crippen LogP contribution in [0.3, 0.4) is 0 Å². The molecule has 1 atom stereocenters. The minimum atomic E-state index is -0.130. The molecular weight excluding hydrogens is 579 g/mol. The van der Waals surface area contributed by atoms with Crippen molar-refractivity contribution in [2.24, 2.45) is 4.99 Å². The number of fused-ring (bicyclic) bond motifs is 13. The van der Waals surface area contributed by atoms with Crippen molar-refractivity contribution in [2.45, 2.75) is 6.04 Å². The van der Waals surface area contributed by atoms with Crippen LogP contribution in [0.5, 0.6) is 0 Å². The number of nitrogens with zero attached hydrogens (tertiary/aromatic N) is 2. The van der Waals surface area contributed by atoms with Crippen molar-refractivity contribution in [1.29, 1.82) is 0 Å². The summed E-state index contributed by atoms with van der Waals surface area (Å²) in [5.41, 5.74) is 5.82. The Morgan fingerprint density at radius 2 is 1.07 bits per heavy atom. The van der Waals surface area contributed by atoms with Gasteiger partial charge in [-0.05, 0) is 33.2 Å². The molecule has 0 fully saturated rings. The summed E-state index contributed by atoms with van der Waals surface area (Å²) in [6, 6.07) is 50.1. The van der Waals surface area contributed by atoms with Crippen LogP contribution in [0.2, 0.25) is 0 Å². The maximum Gasteiger partial charge on any atom is 0.134 e. The highest BCUT2D eigenvalue weighted by Gasteiger charge is 2.30. The normalized spacial score (nSPS) is 15.2. The highest BCUT2D eigenvalue weighted by atomic mass is 32.1. The number of aromatic nitrogens is 1. The number of rotatable bonds is 3. The first-order chi connectivity index (χ1) is 22.9. The van der Waals surface area contributed by atoms with Gasteiger partial charge in [0.1, 0.15) is 5.84 Å². The van der Waals surface area contributed by atoms with Crippen LogP contribution in [0.25, 0.3) is 69.9 Å². The predicted molar refractivity (Wildman–Crippen MR) is 197 cm³/mol. The highest BCUT2D eigenvalue weighted by Crippen LogP contribution is 2.49. The number of hydrogen-bond acceptors (Lipinski definition) is 3. The molecule has 0 spiro atoms. The summed E-state index contributed by atoms with van der Waals surface area (Å²) in [7, 11) is 0. The van der Waals surface area contributed by atoms with Crippen LogP contribution in [0, 0.1) is 0 Å². The molecule has 0 saturated carbocycles. The number of hydrogen-bond donors (Lipinski definition) is 1. The SMILES string of the molecule is C1=C(n2c3c4ccccc4c4ccccc4c3c3c4ccsc4c4ccccc4c32)C(c2ccccc2)NC(c2ccccc2)=N1. The zero-order valence-corrected chi connectivity index (χ0v) is 25.6. The maximum absolute atomic E-state index is 5.13. The Labute approximate surface area is 269 Å². The van der Waals surface area contributed by atoms with Crippen LogP contribution < -0.4 is 5.32 Å². The molecule has 1 aliphatic heterocycles. The van der Waals surface area contributed by atoms with Crippen LogP contribution in [0.15, 0.2) is 156 Å². The van der Waals surface area contributed by atoms with Crippen molar-refractivity contribution < 1.29 is 0 Å². The third kappa shape index (κ3) is 3.56. The average Bonchev–Trinajstić information content (AvgIpc) is 3.77. The van der Waals surface area contributed by atoms with Crippen molar-refractivity contribution >= 4 is 87.1 Å². The van der Waals surface area contributed by atoms with Gasteiger partial charge in [0.25, 0.3) is 0 Å². The fraction of sp³-hybridized carbons (Fsp3) is 0.0238. The summed E-state index contributed by atoms with van der Waals surface area (Å²) >= 11 is 1.83. The van der Waals surface area contributed by atoms with Crippen LogP contribution in [-0.2, 0) is 0 Å². The molecule has 0 amide bonds. The van der Waals surface area contributed by atoms with Crippen molar-refractivity contribution in [3.8, 4) is 0 Å². The summed E-state index contributed by atoms with van der Waals surface area (Å²) in [6.45, 7) is 0. The minimum Gasteiger partial charge on any atom is -0.357 e. The molecule has 7 aromatic carbocycles. The van der Waals surface area contributed by atoms with E-state index in [0.29, 0.717) is 0 Å². The van der Waals surface area contributed by atoms with E-state index in [-0.39, 0.29) is 6.04 Å². The monoisotopic (exact) mass is 605 g/mol. The fourth-order valence-corrected chi connectivity index (χ4v) is 8.56. The molecule has 1 N–H and O–H groups in total. The molecular formula is C42H27N3S. The summed E-state index contributed by atoms with van der Waals surface area (Å²) in [4.78, 5) is 5.13. The van der Waals surface area contributed by atoms with Gasteiger partial charge in [-0.25, -0.2) is 4.99 Å². The molecule has 46 heavy (non-hydrogen) atoms. The lowest BCUT2D eigenvalue weighted by Crippen LogP contribution is -2.33. The van der Waals surface area contributed by atoms with Crippen molar-refractivity contribution in [3.63, 3.8) is 0 Å². The lowest BCUT2D eigenvalue weighted by atomic mass is 9.95. The third-order valence-electron chi connectivity index (χ3n) is 9.54. The van der Waals surface area contributed by atoms with E-state index >= 15 is 0 Å². The molecule has 3 heterocycles. The zero-order chi connectivity index (χ0) is 30.2. The van der Waals surface area contributed by atoms with Gasteiger partial charge in [-0.15, -0.1) is 11.3 Å². The smallest absolute Gasteiger partial charge is 0.134 e. The van der Waals surface area contributed by atoms with E-state index in [4.69, 9.17) is 4.99 Å². The first-order valence-corrected chi connectivity index (χ1v) is 16.6. The predicted octanol–water partition coefficient (Wildman–Crippen LogP) is 11.1. The Hall–Kier alpha value is -5.71. The fourth-order valence-electron chi connectivity index (χ4n) is 7.62. The van der Waals surface area contributed by atoms with Gasteiger partial charge in [-0.2, -0.15) is 0 Å². The second-order valence-corrected chi connectivity index (χ2v) is 12.9. The first-order valence-electron chi connectivity index (χ1n) is 15.7. The van der Waals surface area contributed by atoms with Crippen molar-refractivity contribution in [1.82, 2.24) is 9.88 Å². The van der Waals surface area contributed by atoms with Crippen LogP contribution in [0.4, 0.5) is 0 Å². The second-order valence-electron chi connectivity index (χ2n) is 12.0. The topological polar surface area (TPSA) is 29.3 Å². The lowest BCUT2D eigenvalue weighted by molar-refractivity contribution is 0.763. The molecule has 216 valence electrons. The number of benzene rings is 7. The van der Waals surface area contributed by atoms with Crippen molar-refractivity contribution in [3.05, 3.63) is 162 Å². The van der Waals surface area contributed by atoms with Gasteiger partial charge in [0.2, 0.25) is 0 Å². The van der Waals surface area contributed by atoms with Gasteiger partial charge in [0.15, 0.2) is 0 Å². The molecule has 9 aromatic rings. The molecule has 10 rings (SSSR count). The summed E-state index contributed by atoms with van der Waals surface area (Å²) in [6.07, 6.45) is 2.10. The Morgan fingerprint density at radius 3 is 1.78 bits per heavy atom. The largest absolute Gasteiger partial charge is 0.357 e. The Bertz CT molecular complexity index is 2710. The quantitative estimate of drug-likeness (QED) is 0.200. The Morgan fingerprint density at radius 1 is 0.522 bits per heavy atom. The lowest BCUT2D eigenvalue weighted by Gasteiger charge is -2.29. The van der Waals surface area contributed by atoms with Gasteiger partial charge in [-0.1, -0.05) is 133 Å². The van der Waals surface area contributed by atoms with Crippen LogP contribution in [0.1, 0.15) is 17.2 Å². The van der Waals surface area contributed by atoms with Crippen molar-refractivity contribution in [2.75, 3.05) is 0 Å². The molecule has 3 nitrogen and oxygen atoms in total. The number of amidine groups is 1. The Balaban J connectivity index is 1.46. The second kappa shape index (κ2) is 9.90. The molecule has 4 heteroatoms. The van der Waals surface area contributed by atoms with E-state index in [0.717, 1.165) is 17.1 Å². The zero-order valence-electron chi connectivity index (χ0n) is 24.8. The number of nitrogens with one attached hydrogen (secondary N) is 1. The standard InChI is InChI=1S/C42H27N3S/c1-3-13-26(14-4-1)38-35(25-43-42(44-38)27-15-5-2-6-16-27)45-39-31-20-10-8-18-29(31)28-17-7-9-19-30(28)36(39)37-34-23-24-46-41(34)33-22-12-11-21-32(33)40(37)45/h1-25,38H,(H,43,44). The summed E-state index contributed by atoms with van der Waals surface area (Å²) in [5, 5.41) is 17.6. The van der Waals surface area contributed by atoms with E-state index in [2.05, 4.69) is 155 Å². The Kier molecular flexibility index (Phi) is 5.51. The van der Waals surface area contributed by atoms with Crippen LogP contribution in [-0.4, -0.2) is 10.4 Å². The molecule has 0 aliphatic carbocycles. The summed E-state index contributed by atoms with van der Waals surface area (Å²) in [5.74, 6) is 0.874. The summed E-state index contributed by atoms with van der Waals surface area (Å²) < 4.78 is 3.87. The first kappa shape index (κ1) is 25.6. The van der Waals surface area contributed by atoms with E-state index in [1.165, 1.54) is 69.8 Å². The molecule has 0 bridgehead atoms. The van der Waals surface area contributed by atoms with Crippen LogP contribution >= 0.6 is 11.3 Å². The van der Waals surface area contributed by atoms with E-state index < -0.39 is 0 Å². The molecule has 0 radical (unpaired) electrons. The molecule has 1 aliphatic rings. The third-order valence-corrected chi connectivity index (χ3v) is 10.5. The maximum atomic E-state index is 5.13. The number of thiophene rings is 1. The molecule has 1 unspecified atom stereocenters. The van der Waals surface area contributed by atoms with Gasteiger partial charge >= 0.3 is 0 Å². The minimum absolute atomic E-state index is 0.130. The van der Waals surface area contributed by atoms with Gasteiger partial charge in [0.05, 0.1) is 29.0 Å². The molecule has 2 aromatic heterocycles. The number of aliphatic imine (C=N–C) groups is 1. The van der Waals surface area contributed by atoms with E-state index in [9.17, 15) is 0 Å². The average molecular weight is 606 g/mol. The molecule has 0 saturated heterocycles. The highest BCUT2D eigenvalue weighted by molar-refractivity contribution is 7.18. The van der Waals surface area contributed by atoms with E-state index in [1.807, 2.05) is 17.4 Å². The van der Waals surface area contributed by atoms with Gasteiger partial charge in [0, 0.05) is 42.6 Å². The van der Waals surface area contributed by atoms with E-state index in [1.54, 1.807) is 0 Å². The van der Waals surface area contributed by atoms with Gasteiger partial charge in [-0.3, -0.25) is 0 Å².